The molecule has 1 heterocycles. The number of anilines is 1. The SMILES string of the molecule is CCc1ccc(NC(=O)CSc2nnc(-c3ccc(Cl)cc3)n2-c2ccc(OC)cc2)cc1. The number of rotatable bonds is 8. The van der Waals surface area contributed by atoms with Gasteiger partial charge in [0.25, 0.3) is 0 Å². The average Bonchev–Trinajstić information content (AvgIpc) is 3.27. The largest absolute Gasteiger partial charge is 0.497 e. The summed E-state index contributed by atoms with van der Waals surface area (Å²) in [6.07, 6.45) is 0.959. The smallest absolute Gasteiger partial charge is 0.234 e. The van der Waals surface area contributed by atoms with Crippen LogP contribution in [0.4, 0.5) is 5.69 Å². The molecule has 8 heteroatoms. The van der Waals surface area contributed by atoms with Gasteiger partial charge in [-0.2, -0.15) is 0 Å². The highest BCUT2D eigenvalue weighted by molar-refractivity contribution is 7.99. The first-order valence-electron chi connectivity index (χ1n) is 10.4. The highest BCUT2D eigenvalue weighted by Crippen LogP contribution is 2.29. The van der Waals surface area contributed by atoms with Gasteiger partial charge in [-0.1, -0.05) is 42.4 Å². The van der Waals surface area contributed by atoms with E-state index >= 15 is 0 Å². The number of methoxy groups -OCH3 is 1. The van der Waals surface area contributed by atoms with Gasteiger partial charge >= 0.3 is 0 Å². The highest BCUT2D eigenvalue weighted by atomic mass is 35.5. The van der Waals surface area contributed by atoms with Crippen molar-refractivity contribution in [1.29, 1.82) is 0 Å². The molecule has 0 saturated carbocycles. The van der Waals surface area contributed by atoms with E-state index in [4.69, 9.17) is 16.3 Å². The van der Waals surface area contributed by atoms with E-state index in [0.717, 1.165) is 29.1 Å². The van der Waals surface area contributed by atoms with Crippen molar-refractivity contribution in [2.24, 2.45) is 0 Å². The van der Waals surface area contributed by atoms with Crippen LogP contribution in [0.25, 0.3) is 17.1 Å². The third kappa shape index (κ3) is 5.56. The Morgan fingerprint density at radius 1 is 1.00 bits per heavy atom. The maximum atomic E-state index is 12.6. The van der Waals surface area contributed by atoms with Gasteiger partial charge < -0.3 is 10.1 Å². The maximum absolute atomic E-state index is 12.6. The quantitative estimate of drug-likeness (QED) is 0.320. The molecule has 4 rings (SSSR count). The molecular formula is C25H23ClN4O2S. The van der Waals surface area contributed by atoms with Gasteiger partial charge in [0.05, 0.1) is 12.9 Å². The lowest BCUT2D eigenvalue weighted by atomic mass is 10.1. The minimum absolute atomic E-state index is 0.110. The van der Waals surface area contributed by atoms with Crippen LogP contribution in [-0.2, 0) is 11.2 Å². The fourth-order valence-corrected chi connectivity index (χ4v) is 4.14. The Balaban J connectivity index is 1.57. The van der Waals surface area contributed by atoms with Gasteiger partial charge in [0.15, 0.2) is 11.0 Å². The molecule has 33 heavy (non-hydrogen) atoms. The third-order valence-electron chi connectivity index (χ3n) is 5.04. The Morgan fingerprint density at radius 3 is 2.33 bits per heavy atom. The Kier molecular flexibility index (Phi) is 7.32. The summed E-state index contributed by atoms with van der Waals surface area (Å²) in [6.45, 7) is 2.10. The maximum Gasteiger partial charge on any atom is 0.234 e. The third-order valence-corrected chi connectivity index (χ3v) is 6.23. The van der Waals surface area contributed by atoms with Crippen LogP contribution in [-0.4, -0.2) is 33.5 Å². The summed E-state index contributed by atoms with van der Waals surface area (Å²) < 4.78 is 7.21. The summed E-state index contributed by atoms with van der Waals surface area (Å²) in [5, 5.41) is 13.0. The van der Waals surface area contributed by atoms with Crippen LogP contribution in [0, 0.1) is 0 Å². The van der Waals surface area contributed by atoms with Gasteiger partial charge in [-0.05, 0) is 72.6 Å². The Labute approximate surface area is 202 Å². The number of nitrogens with zero attached hydrogens (tertiary/aromatic N) is 3. The molecule has 1 amide bonds. The number of carbonyl (C=O) groups is 1. The molecular weight excluding hydrogens is 456 g/mol. The molecule has 0 saturated heterocycles. The Hall–Kier alpha value is -3.29. The van der Waals surface area contributed by atoms with Crippen LogP contribution in [0.3, 0.4) is 0 Å². The van der Waals surface area contributed by atoms with E-state index < -0.39 is 0 Å². The first kappa shape index (κ1) is 22.9. The lowest BCUT2D eigenvalue weighted by Crippen LogP contribution is -2.14. The Morgan fingerprint density at radius 2 is 1.70 bits per heavy atom. The number of aromatic nitrogens is 3. The van der Waals surface area contributed by atoms with E-state index in [1.165, 1.54) is 17.3 Å². The summed E-state index contributed by atoms with van der Waals surface area (Å²) in [6, 6.07) is 22.9. The monoisotopic (exact) mass is 478 g/mol. The fraction of sp³-hybridized carbons (Fsp3) is 0.160. The number of thioether (sulfide) groups is 1. The summed E-state index contributed by atoms with van der Waals surface area (Å²) in [5.74, 6) is 1.50. The average molecular weight is 479 g/mol. The van der Waals surface area contributed by atoms with E-state index in [2.05, 4.69) is 22.4 Å². The molecule has 4 aromatic rings. The van der Waals surface area contributed by atoms with Crippen molar-refractivity contribution < 1.29 is 9.53 Å². The second-order valence-corrected chi connectivity index (χ2v) is 8.61. The van der Waals surface area contributed by atoms with Crippen LogP contribution in [0.2, 0.25) is 5.02 Å². The zero-order valence-electron chi connectivity index (χ0n) is 18.3. The standard InChI is InChI=1S/C25H23ClN4O2S/c1-3-17-4-10-20(11-5-17)27-23(31)16-33-25-29-28-24(18-6-8-19(26)9-7-18)30(25)21-12-14-22(32-2)15-13-21/h4-15H,3,16H2,1-2H3,(H,27,31). The number of amides is 1. The summed E-state index contributed by atoms with van der Waals surface area (Å²) in [4.78, 5) is 12.6. The second kappa shape index (κ2) is 10.6. The molecule has 0 aliphatic carbocycles. The van der Waals surface area contributed by atoms with Crippen molar-refractivity contribution in [3.8, 4) is 22.8 Å². The number of benzene rings is 3. The number of carbonyl (C=O) groups excluding carboxylic acids is 1. The minimum Gasteiger partial charge on any atom is -0.497 e. The summed E-state index contributed by atoms with van der Waals surface area (Å²) in [5.41, 5.74) is 3.74. The number of aryl methyl sites for hydroxylation is 1. The molecule has 0 atom stereocenters. The fourth-order valence-electron chi connectivity index (χ4n) is 3.26. The molecule has 168 valence electrons. The van der Waals surface area contributed by atoms with E-state index in [1.807, 2.05) is 77.4 Å². The molecule has 6 nitrogen and oxygen atoms in total. The van der Waals surface area contributed by atoms with E-state index in [1.54, 1.807) is 7.11 Å². The van der Waals surface area contributed by atoms with Crippen molar-refractivity contribution >= 4 is 35.0 Å². The van der Waals surface area contributed by atoms with Crippen molar-refractivity contribution in [2.45, 2.75) is 18.5 Å². The zero-order valence-corrected chi connectivity index (χ0v) is 19.9. The van der Waals surface area contributed by atoms with E-state index in [9.17, 15) is 4.79 Å². The first-order valence-corrected chi connectivity index (χ1v) is 11.8. The van der Waals surface area contributed by atoms with E-state index in [0.29, 0.717) is 16.0 Å². The first-order chi connectivity index (χ1) is 16.1. The van der Waals surface area contributed by atoms with Crippen molar-refractivity contribution in [2.75, 3.05) is 18.2 Å². The van der Waals surface area contributed by atoms with Crippen LogP contribution in [0.1, 0.15) is 12.5 Å². The van der Waals surface area contributed by atoms with E-state index in [-0.39, 0.29) is 11.7 Å². The van der Waals surface area contributed by atoms with Crippen molar-refractivity contribution in [1.82, 2.24) is 14.8 Å². The molecule has 3 aromatic carbocycles. The minimum atomic E-state index is -0.110. The molecule has 0 unspecified atom stereocenters. The van der Waals surface area contributed by atoms with Crippen molar-refractivity contribution in [3.63, 3.8) is 0 Å². The van der Waals surface area contributed by atoms with Crippen molar-refractivity contribution in [3.05, 3.63) is 83.4 Å². The van der Waals surface area contributed by atoms with Crippen LogP contribution in [0.5, 0.6) is 5.75 Å². The molecule has 1 N–H and O–H groups in total. The van der Waals surface area contributed by atoms with Gasteiger partial charge in [-0.3, -0.25) is 9.36 Å². The summed E-state index contributed by atoms with van der Waals surface area (Å²) >= 11 is 7.38. The lowest BCUT2D eigenvalue weighted by Gasteiger charge is -2.11. The molecule has 1 aromatic heterocycles. The molecule has 0 bridgehead atoms. The predicted octanol–water partition coefficient (Wildman–Crippen LogP) is 5.89. The molecule has 0 fully saturated rings. The molecule has 0 spiro atoms. The normalized spacial score (nSPS) is 10.8. The second-order valence-electron chi connectivity index (χ2n) is 7.23. The highest BCUT2D eigenvalue weighted by Gasteiger charge is 2.17. The number of hydrogen-bond donors (Lipinski definition) is 1. The van der Waals surface area contributed by atoms with Gasteiger partial charge in [0.1, 0.15) is 5.75 Å². The van der Waals surface area contributed by atoms with Gasteiger partial charge in [-0.15, -0.1) is 10.2 Å². The van der Waals surface area contributed by atoms with Gasteiger partial charge in [0, 0.05) is 22.0 Å². The Bertz CT molecular complexity index is 1220. The number of hydrogen-bond acceptors (Lipinski definition) is 5. The molecule has 0 aliphatic rings. The zero-order chi connectivity index (χ0) is 23.2. The van der Waals surface area contributed by atoms with Crippen LogP contribution in [0.15, 0.2) is 78.0 Å². The number of halogens is 1. The summed E-state index contributed by atoms with van der Waals surface area (Å²) in [7, 11) is 1.63. The van der Waals surface area contributed by atoms with Crippen LogP contribution < -0.4 is 10.1 Å². The molecule has 0 radical (unpaired) electrons. The lowest BCUT2D eigenvalue weighted by molar-refractivity contribution is -0.113. The molecule has 0 aliphatic heterocycles. The number of ether oxygens (including phenoxy) is 1. The van der Waals surface area contributed by atoms with Crippen LogP contribution >= 0.6 is 23.4 Å². The van der Waals surface area contributed by atoms with Gasteiger partial charge in [-0.25, -0.2) is 0 Å². The van der Waals surface area contributed by atoms with Gasteiger partial charge in [0.2, 0.25) is 5.91 Å². The topological polar surface area (TPSA) is 69.0 Å². The number of nitrogens with one attached hydrogen (secondary N) is 1. The predicted molar refractivity (Wildman–Crippen MR) is 134 cm³/mol.